The molecule has 1 aliphatic rings. The second kappa shape index (κ2) is 9.18. The van der Waals surface area contributed by atoms with Gasteiger partial charge in [-0.25, -0.2) is 4.39 Å². The highest BCUT2D eigenvalue weighted by Gasteiger charge is 2.21. The molecule has 1 aliphatic heterocycles. The summed E-state index contributed by atoms with van der Waals surface area (Å²) in [6.45, 7) is 2.66. The predicted molar refractivity (Wildman–Crippen MR) is 94.0 cm³/mol. The molecule has 2 N–H and O–H groups in total. The third kappa shape index (κ3) is 5.17. The molecule has 3 nitrogen and oxygen atoms in total. The number of nitrogens with one attached hydrogen (secondary N) is 2. The van der Waals surface area contributed by atoms with E-state index in [1.807, 2.05) is 11.8 Å². The summed E-state index contributed by atoms with van der Waals surface area (Å²) in [5, 5.41) is 6.44. The van der Waals surface area contributed by atoms with Crippen LogP contribution in [0.15, 0.2) is 12.1 Å². The van der Waals surface area contributed by atoms with E-state index in [-0.39, 0.29) is 29.4 Å². The Balaban J connectivity index is 0.00000242. The molecule has 8 heteroatoms. The summed E-state index contributed by atoms with van der Waals surface area (Å²) >= 11 is 13.8. The molecule has 0 aromatic heterocycles. The third-order valence-electron chi connectivity index (χ3n) is 3.32. The topological polar surface area (TPSA) is 41.1 Å². The van der Waals surface area contributed by atoms with E-state index in [0.29, 0.717) is 17.0 Å². The maximum atomic E-state index is 13.5. The first-order chi connectivity index (χ1) is 9.99. The maximum Gasteiger partial charge on any atom is 0.222 e. The summed E-state index contributed by atoms with van der Waals surface area (Å²) in [6.07, 6.45) is 0.391. The number of carbonyl (C=O) groups is 1. The van der Waals surface area contributed by atoms with E-state index in [0.717, 1.165) is 18.1 Å². The summed E-state index contributed by atoms with van der Waals surface area (Å²) in [6, 6.07) is 2.39. The molecule has 124 valence electrons. The largest absolute Gasteiger partial charge is 0.349 e. The number of thioether (sulfide) groups is 1. The van der Waals surface area contributed by atoms with Crippen molar-refractivity contribution < 1.29 is 9.18 Å². The molecule has 0 radical (unpaired) electrons. The molecule has 0 bridgehead atoms. The van der Waals surface area contributed by atoms with Gasteiger partial charge in [0.2, 0.25) is 5.91 Å². The van der Waals surface area contributed by atoms with Crippen LogP contribution in [-0.2, 0) is 4.79 Å². The molecule has 22 heavy (non-hydrogen) atoms. The van der Waals surface area contributed by atoms with Gasteiger partial charge in [0.25, 0.3) is 0 Å². The van der Waals surface area contributed by atoms with Crippen LogP contribution in [0.1, 0.15) is 24.9 Å². The van der Waals surface area contributed by atoms with Crippen molar-refractivity contribution in [1.82, 2.24) is 10.6 Å². The van der Waals surface area contributed by atoms with Gasteiger partial charge in [0, 0.05) is 41.1 Å². The molecule has 1 saturated heterocycles. The molecule has 1 amide bonds. The summed E-state index contributed by atoms with van der Waals surface area (Å²) in [4.78, 5) is 12.1. The Morgan fingerprint density at radius 3 is 2.91 bits per heavy atom. The molecule has 1 fully saturated rings. The van der Waals surface area contributed by atoms with Gasteiger partial charge in [-0.1, -0.05) is 23.2 Å². The minimum Gasteiger partial charge on any atom is -0.349 e. The fourth-order valence-corrected chi connectivity index (χ4v) is 3.93. The summed E-state index contributed by atoms with van der Waals surface area (Å²) in [5.74, 6) is 1.35. The van der Waals surface area contributed by atoms with E-state index < -0.39 is 11.9 Å². The summed E-state index contributed by atoms with van der Waals surface area (Å²) in [5.41, 5.74) is 0.415. The Morgan fingerprint density at radius 1 is 1.55 bits per heavy atom. The second-order valence-corrected chi connectivity index (χ2v) is 6.91. The first-order valence-corrected chi connectivity index (χ1v) is 8.64. The zero-order valence-corrected chi connectivity index (χ0v) is 15.1. The van der Waals surface area contributed by atoms with E-state index in [9.17, 15) is 9.18 Å². The van der Waals surface area contributed by atoms with Crippen LogP contribution in [0.2, 0.25) is 10.0 Å². The molecule has 2 rings (SSSR count). The lowest BCUT2D eigenvalue weighted by molar-refractivity contribution is -0.122. The summed E-state index contributed by atoms with van der Waals surface area (Å²) in [7, 11) is 0. The Labute approximate surface area is 150 Å². The lowest BCUT2D eigenvalue weighted by atomic mass is 10.1. The van der Waals surface area contributed by atoms with Crippen LogP contribution in [0.3, 0.4) is 0 Å². The third-order valence-corrected chi connectivity index (χ3v) is 5.16. The zero-order chi connectivity index (χ0) is 15.4. The van der Waals surface area contributed by atoms with Gasteiger partial charge < -0.3 is 10.6 Å². The number of benzene rings is 1. The normalized spacial score (nSPS) is 19.2. The van der Waals surface area contributed by atoms with Gasteiger partial charge in [0.05, 0.1) is 11.1 Å². The van der Waals surface area contributed by atoms with E-state index >= 15 is 0 Å². The molecule has 1 heterocycles. The highest BCUT2D eigenvalue weighted by atomic mass is 35.5. The van der Waals surface area contributed by atoms with Crippen LogP contribution < -0.4 is 10.6 Å². The number of amides is 1. The lowest BCUT2D eigenvalue weighted by Crippen LogP contribution is -2.41. The fourth-order valence-electron chi connectivity index (χ4n) is 2.29. The molecular weight excluding hydrogens is 370 g/mol. The monoisotopic (exact) mass is 386 g/mol. The van der Waals surface area contributed by atoms with Gasteiger partial charge in [-0.05, 0) is 19.1 Å². The van der Waals surface area contributed by atoms with E-state index in [4.69, 9.17) is 23.2 Å². The highest BCUT2D eigenvalue weighted by molar-refractivity contribution is 7.99. The maximum absolute atomic E-state index is 13.5. The van der Waals surface area contributed by atoms with Crippen molar-refractivity contribution in [2.45, 2.75) is 25.4 Å². The van der Waals surface area contributed by atoms with Gasteiger partial charge in [-0.3, -0.25) is 4.79 Å². The van der Waals surface area contributed by atoms with E-state index in [2.05, 4.69) is 10.6 Å². The standard InChI is InChI=1S/C14H17Cl2FN2OS.ClH/c1-8(13-10(15)2-3-11(17)14(13)16)19-12(20)6-9-7-21-5-4-18-9;/h2-3,8-9,18H,4-7H2,1H3,(H,19,20);1H. The highest BCUT2D eigenvalue weighted by Crippen LogP contribution is 2.32. The first-order valence-electron chi connectivity index (χ1n) is 6.73. The Morgan fingerprint density at radius 2 is 2.27 bits per heavy atom. The molecule has 1 aromatic rings. The molecule has 0 aliphatic carbocycles. The van der Waals surface area contributed by atoms with Crippen LogP contribution in [0.25, 0.3) is 0 Å². The van der Waals surface area contributed by atoms with E-state index in [1.165, 1.54) is 12.1 Å². The number of hydrogen-bond donors (Lipinski definition) is 2. The van der Waals surface area contributed by atoms with Gasteiger partial charge in [0.1, 0.15) is 5.82 Å². The van der Waals surface area contributed by atoms with Crippen LogP contribution in [0, 0.1) is 5.82 Å². The van der Waals surface area contributed by atoms with Crippen molar-refractivity contribution in [3.63, 3.8) is 0 Å². The average molecular weight is 388 g/mol. The number of hydrogen-bond acceptors (Lipinski definition) is 3. The number of carbonyl (C=O) groups excluding carboxylic acids is 1. The van der Waals surface area contributed by atoms with Gasteiger partial charge in [0.15, 0.2) is 0 Å². The molecule has 0 spiro atoms. The predicted octanol–water partition coefficient (Wildman–Crippen LogP) is 3.83. The number of halogens is 4. The smallest absolute Gasteiger partial charge is 0.222 e. The van der Waals surface area contributed by atoms with Crippen molar-refractivity contribution >= 4 is 53.3 Å². The van der Waals surface area contributed by atoms with Gasteiger partial charge >= 0.3 is 0 Å². The Kier molecular flexibility index (Phi) is 8.28. The Hall–Kier alpha value is -0.200. The quantitative estimate of drug-likeness (QED) is 0.772. The van der Waals surface area contributed by atoms with Crippen LogP contribution >= 0.6 is 47.4 Å². The molecule has 1 aromatic carbocycles. The first kappa shape index (κ1) is 19.8. The molecule has 0 saturated carbocycles. The van der Waals surface area contributed by atoms with Gasteiger partial charge in [-0.15, -0.1) is 12.4 Å². The number of rotatable bonds is 4. The van der Waals surface area contributed by atoms with Gasteiger partial charge in [-0.2, -0.15) is 11.8 Å². The Bertz CT molecular complexity index is 527. The second-order valence-electron chi connectivity index (χ2n) is 4.98. The minimum atomic E-state index is -0.539. The van der Waals surface area contributed by atoms with E-state index in [1.54, 1.807) is 6.92 Å². The zero-order valence-electron chi connectivity index (χ0n) is 12.0. The summed E-state index contributed by atoms with van der Waals surface area (Å²) < 4.78 is 13.5. The molecule has 2 atom stereocenters. The van der Waals surface area contributed by atoms with Crippen LogP contribution in [0.4, 0.5) is 4.39 Å². The van der Waals surface area contributed by atoms with Crippen molar-refractivity contribution in [2.75, 3.05) is 18.1 Å². The van der Waals surface area contributed by atoms with Crippen LogP contribution in [-0.4, -0.2) is 30.0 Å². The minimum absolute atomic E-state index is 0. The fraction of sp³-hybridized carbons (Fsp3) is 0.500. The SMILES string of the molecule is CC(NC(=O)CC1CSCCN1)c1c(Cl)ccc(F)c1Cl.Cl. The lowest BCUT2D eigenvalue weighted by Gasteiger charge is -2.24. The van der Waals surface area contributed by atoms with Crippen molar-refractivity contribution in [3.8, 4) is 0 Å². The average Bonchev–Trinajstić information content (AvgIpc) is 2.44. The molecular formula is C14H18Cl3FN2OS. The van der Waals surface area contributed by atoms with Crippen molar-refractivity contribution in [1.29, 1.82) is 0 Å². The van der Waals surface area contributed by atoms with Crippen molar-refractivity contribution in [3.05, 3.63) is 33.6 Å². The van der Waals surface area contributed by atoms with Crippen molar-refractivity contribution in [2.24, 2.45) is 0 Å². The van der Waals surface area contributed by atoms with Crippen LogP contribution in [0.5, 0.6) is 0 Å². The molecule has 2 unspecified atom stereocenters.